The molecule has 1 aromatic rings. The number of carboxylic acid groups (broad SMARTS) is 2. The predicted octanol–water partition coefficient (Wildman–Crippen LogP) is 1.41. The molecule has 0 heterocycles. The minimum atomic E-state index is -1.50. The van der Waals surface area contributed by atoms with Gasteiger partial charge in [-0.15, -0.1) is 0 Å². The van der Waals surface area contributed by atoms with E-state index in [4.69, 9.17) is 14.9 Å². The second kappa shape index (κ2) is 7.05. The molecule has 5 nitrogen and oxygen atoms in total. The highest BCUT2D eigenvalue weighted by atomic mass is 16.5. The molecule has 0 aromatic heterocycles. The molecule has 0 aliphatic rings. The van der Waals surface area contributed by atoms with E-state index in [2.05, 4.69) is 6.58 Å². The molecule has 5 heteroatoms. The zero-order chi connectivity index (χ0) is 12.6. The van der Waals surface area contributed by atoms with Crippen LogP contribution in [0.2, 0.25) is 0 Å². The Morgan fingerprint density at radius 3 is 1.75 bits per heavy atom. The van der Waals surface area contributed by atoms with Crippen LogP contribution in [0.5, 0.6) is 5.75 Å². The summed E-state index contributed by atoms with van der Waals surface area (Å²) in [5, 5.41) is 15.7. The molecule has 0 radical (unpaired) electrons. The van der Waals surface area contributed by atoms with Crippen molar-refractivity contribution in [1.82, 2.24) is 0 Å². The van der Waals surface area contributed by atoms with E-state index in [1.807, 2.05) is 30.3 Å². The molecule has 86 valence electrons. The summed E-state index contributed by atoms with van der Waals surface area (Å²) < 4.78 is 4.91. The second-order valence-corrected chi connectivity index (χ2v) is 2.61. The Hall–Kier alpha value is -2.30. The van der Waals surface area contributed by atoms with Gasteiger partial charge in [0.1, 0.15) is 11.3 Å². The van der Waals surface area contributed by atoms with Gasteiger partial charge < -0.3 is 14.9 Å². The lowest BCUT2D eigenvalue weighted by Crippen LogP contribution is -2.08. The minimum Gasteiger partial charge on any atom is -0.497 e. The van der Waals surface area contributed by atoms with E-state index in [9.17, 15) is 9.59 Å². The average Bonchev–Trinajstić information content (AvgIpc) is 2.29. The lowest BCUT2D eigenvalue weighted by Gasteiger charge is -1.93. The van der Waals surface area contributed by atoms with Gasteiger partial charge in [0.25, 0.3) is 0 Å². The fourth-order valence-electron chi connectivity index (χ4n) is 0.648. The number of benzene rings is 1. The van der Waals surface area contributed by atoms with Crippen LogP contribution >= 0.6 is 0 Å². The zero-order valence-corrected chi connectivity index (χ0v) is 8.71. The van der Waals surface area contributed by atoms with Crippen LogP contribution in [0.1, 0.15) is 0 Å². The Labute approximate surface area is 92.6 Å². The fourth-order valence-corrected chi connectivity index (χ4v) is 0.648. The molecular weight excluding hydrogens is 212 g/mol. The van der Waals surface area contributed by atoms with E-state index in [1.165, 1.54) is 0 Å². The number of hydrogen-bond acceptors (Lipinski definition) is 3. The first kappa shape index (κ1) is 13.7. The number of aliphatic carboxylic acids is 2. The van der Waals surface area contributed by atoms with E-state index in [-0.39, 0.29) is 0 Å². The fraction of sp³-hybridized carbons (Fsp3) is 0.0909. The van der Waals surface area contributed by atoms with E-state index >= 15 is 0 Å². The lowest BCUT2D eigenvalue weighted by molar-refractivity contribution is -0.140. The molecule has 0 atom stereocenters. The third-order valence-corrected chi connectivity index (χ3v) is 1.50. The first-order valence-corrected chi connectivity index (χ1v) is 4.23. The van der Waals surface area contributed by atoms with Crippen LogP contribution in [0.15, 0.2) is 42.5 Å². The molecule has 0 unspecified atom stereocenters. The highest BCUT2D eigenvalue weighted by molar-refractivity contribution is 6.11. The topological polar surface area (TPSA) is 83.8 Å². The Morgan fingerprint density at radius 1 is 1.12 bits per heavy atom. The number of rotatable bonds is 3. The number of hydrogen-bond donors (Lipinski definition) is 2. The lowest BCUT2D eigenvalue weighted by atomic mass is 10.3. The summed E-state index contributed by atoms with van der Waals surface area (Å²) in [6.45, 7) is 2.75. The third kappa shape index (κ3) is 5.43. The van der Waals surface area contributed by atoms with Gasteiger partial charge in [0.05, 0.1) is 7.11 Å². The van der Waals surface area contributed by atoms with E-state index in [0.717, 1.165) is 5.75 Å². The van der Waals surface area contributed by atoms with Crippen LogP contribution in [0.25, 0.3) is 0 Å². The van der Waals surface area contributed by atoms with Gasteiger partial charge >= 0.3 is 11.9 Å². The van der Waals surface area contributed by atoms with E-state index in [1.54, 1.807) is 7.11 Å². The van der Waals surface area contributed by atoms with Crippen molar-refractivity contribution in [3.63, 3.8) is 0 Å². The first-order chi connectivity index (χ1) is 7.49. The first-order valence-electron chi connectivity index (χ1n) is 4.23. The van der Waals surface area contributed by atoms with Crippen LogP contribution in [-0.4, -0.2) is 29.3 Å². The average molecular weight is 224 g/mol. The SMILES string of the molecule is C=C(C(=O)O)C(=O)O.COc1ccccc1. The van der Waals surface area contributed by atoms with Crippen molar-refractivity contribution in [2.24, 2.45) is 0 Å². The van der Waals surface area contributed by atoms with Gasteiger partial charge in [-0.25, -0.2) is 9.59 Å². The molecule has 0 aliphatic heterocycles. The number of para-hydroxylation sites is 1. The standard InChI is InChI=1S/C7H8O.C4H4O4/c1-8-7-5-3-2-4-6-7;1-2(3(5)6)4(7)8/h2-6H,1H3;1H2,(H,5,6)(H,7,8). The maximum Gasteiger partial charge on any atom is 0.342 e. The number of carbonyl (C=O) groups is 2. The summed E-state index contributed by atoms with van der Waals surface area (Å²) in [5.74, 6) is -2.09. The van der Waals surface area contributed by atoms with Gasteiger partial charge in [-0.1, -0.05) is 24.8 Å². The summed E-state index contributed by atoms with van der Waals surface area (Å²) in [6, 6.07) is 9.68. The molecule has 0 bridgehead atoms. The third-order valence-electron chi connectivity index (χ3n) is 1.50. The normalized spacial score (nSPS) is 8.31. The van der Waals surface area contributed by atoms with Gasteiger partial charge in [-0.05, 0) is 12.1 Å². The molecule has 0 saturated heterocycles. The highest BCUT2D eigenvalue weighted by Crippen LogP contribution is 2.05. The summed E-state index contributed by atoms with van der Waals surface area (Å²) in [5.41, 5.74) is -0.815. The van der Waals surface area contributed by atoms with Crippen molar-refractivity contribution in [2.45, 2.75) is 0 Å². The van der Waals surface area contributed by atoms with Crippen LogP contribution in [0.4, 0.5) is 0 Å². The van der Waals surface area contributed by atoms with Gasteiger partial charge in [0.2, 0.25) is 0 Å². The molecule has 1 rings (SSSR count). The molecule has 2 N–H and O–H groups in total. The summed E-state index contributed by atoms with van der Waals surface area (Å²) >= 11 is 0. The summed E-state index contributed by atoms with van der Waals surface area (Å²) in [6.07, 6.45) is 0. The molecular formula is C11H12O5. The summed E-state index contributed by atoms with van der Waals surface area (Å²) in [4.78, 5) is 19.3. The number of carboxylic acids is 2. The highest BCUT2D eigenvalue weighted by Gasteiger charge is 2.10. The van der Waals surface area contributed by atoms with Crippen molar-refractivity contribution in [3.05, 3.63) is 42.5 Å². The van der Waals surface area contributed by atoms with Crippen molar-refractivity contribution in [1.29, 1.82) is 0 Å². The van der Waals surface area contributed by atoms with Crippen molar-refractivity contribution < 1.29 is 24.5 Å². The van der Waals surface area contributed by atoms with E-state index in [0.29, 0.717) is 0 Å². The van der Waals surface area contributed by atoms with Crippen LogP contribution in [-0.2, 0) is 9.59 Å². The molecule has 0 saturated carbocycles. The Bertz CT molecular complexity index is 353. The van der Waals surface area contributed by atoms with Gasteiger partial charge in [0.15, 0.2) is 0 Å². The molecule has 1 aromatic carbocycles. The Balaban J connectivity index is 0.000000281. The van der Waals surface area contributed by atoms with Crippen LogP contribution in [0.3, 0.4) is 0 Å². The molecule has 0 fully saturated rings. The van der Waals surface area contributed by atoms with Gasteiger partial charge in [0, 0.05) is 0 Å². The van der Waals surface area contributed by atoms with Crippen LogP contribution in [0, 0.1) is 0 Å². The maximum atomic E-state index is 9.66. The van der Waals surface area contributed by atoms with Crippen LogP contribution < -0.4 is 4.74 Å². The molecule has 0 spiro atoms. The number of ether oxygens (including phenoxy) is 1. The van der Waals surface area contributed by atoms with Crippen molar-refractivity contribution in [3.8, 4) is 5.75 Å². The monoisotopic (exact) mass is 224 g/mol. The Morgan fingerprint density at radius 2 is 1.56 bits per heavy atom. The van der Waals surface area contributed by atoms with Gasteiger partial charge in [-0.3, -0.25) is 0 Å². The zero-order valence-electron chi connectivity index (χ0n) is 8.71. The Kier molecular flexibility index (Phi) is 6.04. The predicted molar refractivity (Wildman–Crippen MR) is 57.4 cm³/mol. The summed E-state index contributed by atoms with van der Waals surface area (Å²) in [7, 11) is 1.66. The van der Waals surface area contributed by atoms with E-state index < -0.39 is 17.5 Å². The number of methoxy groups -OCH3 is 1. The molecule has 16 heavy (non-hydrogen) atoms. The molecule has 0 aliphatic carbocycles. The maximum absolute atomic E-state index is 9.66. The second-order valence-electron chi connectivity index (χ2n) is 2.61. The van der Waals surface area contributed by atoms with Crippen molar-refractivity contribution in [2.75, 3.05) is 7.11 Å². The minimum absolute atomic E-state index is 0.815. The van der Waals surface area contributed by atoms with Gasteiger partial charge in [-0.2, -0.15) is 0 Å². The quantitative estimate of drug-likeness (QED) is 0.460. The smallest absolute Gasteiger partial charge is 0.342 e. The van der Waals surface area contributed by atoms with Crippen molar-refractivity contribution >= 4 is 11.9 Å². The largest absolute Gasteiger partial charge is 0.497 e. The molecule has 0 amide bonds.